The monoisotopic (exact) mass is 632 g/mol. The number of halogens is 3. The number of hydrogen-bond acceptors (Lipinski definition) is 8. The van der Waals surface area contributed by atoms with E-state index in [1.807, 2.05) is 13.8 Å². The number of nitrogens with two attached hydrogens (primary N) is 1. The van der Waals surface area contributed by atoms with Crippen LogP contribution >= 0.6 is 0 Å². The second-order valence-corrected chi connectivity index (χ2v) is 12.1. The van der Waals surface area contributed by atoms with E-state index in [9.17, 15) is 33.3 Å². The summed E-state index contributed by atoms with van der Waals surface area (Å²) in [6.45, 7) is 5.39. The van der Waals surface area contributed by atoms with Crippen molar-refractivity contribution in [1.29, 1.82) is 5.26 Å². The zero-order chi connectivity index (χ0) is 33.6. The van der Waals surface area contributed by atoms with Gasteiger partial charge in [0.05, 0.1) is 35.2 Å². The van der Waals surface area contributed by atoms with Gasteiger partial charge in [-0.05, 0) is 66.8 Å². The summed E-state index contributed by atoms with van der Waals surface area (Å²) in [6, 6.07) is 16.3. The summed E-state index contributed by atoms with van der Waals surface area (Å²) in [4.78, 5) is 26.0. The van der Waals surface area contributed by atoms with Crippen molar-refractivity contribution in [2.45, 2.75) is 52.3 Å². The number of benzene rings is 3. The third-order valence-electron chi connectivity index (χ3n) is 8.21. The largest absolute Gasteiger partial charge is 0.496 e. The SMILES string of the molecule is COc1ccc(C2C(C#N)=C(N)N(c3cccc(C(F)(F)F)c3)C3=C2C(=O)CC(C)(C)C3)cc1COc1ccc([N+](=O)[O-])c(C)c1. The van der Waals surface area contributed by atoms with Gasteiger partial charge in [-0.25, -0.2) is 0 Å². The van der Waals surface area contributed by atoms with E-state index in [0.29, 0.717) is 45.9 Å². The number of rotatable bonds is 7. The van der Waals surface area contributed by atoms with Crippen LogP contribution in [0, 0.1) is 33.8 Å². The molecule has 238 valence electrons. The maximum Gasteiger partial charge on any atom is 0.416 e. The lowest BCUT2D eigenvalue weighted by atomic mass is 9.68. The zero-order valence-electron chi connectivity index (χ0n) is 25.6. The van der Waals surface area contributed by atoms with Crippen LogP contribution in [0.4, 0.5) is 24.5 Å². The van der Waals surface area contributed by atoms with Gasteiger partial charge in [0.2, 0.25) is 0 Å². The second kappa shape index (κ2) is 11.9. The summed E-state index contributed by atoms with van der Waals surface area (Å²) < 4.78 is 52.6. The Morgan fingerprint density at radius 3 is 2.50 bits per heavy atom. The molecule has 0 saturated carbocycles. The van der Waals surface area contributed by atoms with Crippen LogP contribution in [0.15, 0.2) is 83.3 Å². The van der Waals surface area contributed by atoms with E-state index >= 15 is 0 Å². The smallest absolute Gasteiger partial charge is 0.416 e. The third-order valence-corrected chi connectivity index (χ3v) is 8.21. The highest BCUT2D eigenvalue weighted by Gasteiger charge is 2.45. The van der Waals surface area contributed by atoms with Gasteiger partial charge in [0.25, 0.3) is 5.69 Å². The minimum atomic E-state index is -4.61. The number of aryl methyl sites for hydroxylation is 1. The molecule has 0 saturated heterocycles. The highest BCUT2D eigenvalue weighted by Crippen LogP contribution is 2.51. The van der Waals surface area contributed by atoms with Crippen molar-refractivity contribution in [3.05, 3.63) is 116 Å². The summed E-state index contributed by atoms with van der Waals surface area (Å²) in [6.07, 6.45) is -4.12. The maximum atomic E-state index is 13.9. The van der Waals surface area contributed by atoms with E-state index < -0.39 is 28.0 Å². The molecule has 5 rings (SSSR count). The number of anilines is 1. The van der Waals surface area contributed by atoms with E-state index in [1.165, 1.54) is 36.3 Å². The normalized spacial score (nSPS) is 17.8. The fourth-order valence-electron chi connectivity index (χ4n) is 6.13. The molecule has 9 nitrogen and oxygen atoms in total. The molecular formula is C34H31F3N4O5. The molecule has 2 aliphatic rings. The predicted molar refractivity (Wildman–Crippen MR) is 164 cm³/mol. The number of allylic oxidation sites excluding steroid dienone is 3. The van der Waals surface area contributed by atoms with E-state index in [4.69, 9.17) is 15.2 Å². The summed E-state index contributed by atoms with van der Waals surface area (Å²) in [5, 5.41) is 21.6. The quantitative estimate of drug-likeness (QED) is 0.210. The van der Waals surface area contributed by atoms with E-state index in [-0.39, 0.29) is 41.6 Å². The van der Waals surface area contributed by atoms with Crippen LogP contribution in [0.5, 0.6) is 11.5 Å². The maximum absolute atomic E-state index is 13.9. The molecule has 1 unspecified atom stereocenters. The number of Topliss-reactive ketones (excluding diaryl/α,β-unsaturated/α-hetero) is 1. The Bertz CT molecular complexity index is 1860. The van der Waals surface area contributed by atoms with Gasteiger partial charge in [0.15, 0.2) is 5.78 Å². The Balaban J connectivity index is 1.62. The highest BCUT2D eigenvalue weighted by atomic mass is 19.4. The van der Waals surface area contributed by atoms with Gasteiger partial charge >= 0.3 is 6.18 Å². The molecule has 0 radical (unpaired) electrons. The van der Waals surface area contributed by atoms with Gasteiger partial charge in [-0.2, -0.15) is 18.4 Å². The molecule has 1 atom stereocenters. The average molecular weight is 633 g/mol. The summed E-state index contributed by atoms with van der Waals surface area (Å²) in [5.74, 6) is -0.336. The molecule has 0 bridgehead atoms. The van der Waals surface area contributed by atoms with Gasteiger partial charge < -0.3 is 15.2 Å². The van der Waals surface area contributed by atoms with Crippen molar-refractivity contribution in [1.82, 2.24) is 0 Å². The standard InChI is InChI=1S/C34H31F3N4O5/c1-19-12-24(9-10-26(19)41(43)44)46-18-21-13-20(8-11-29(21)45-4)30-25(17-38)32(39)40(23-7-5-6-22(14-23)34(35,36)37)27-15-33(2,3)16-28(42)31(27)30/h5-14,30H,15-16,18,39H2,1-4H3. The molecule has 46 heavy (non-hydrogen) atoms. The van der Waals surface area contributed by atoms with Crippen molar-refractivity contribution < 1.29 is 32.4 Å². The lowest BCUT2D eigenvalue weighted by Crippen LogP contribution is -2.42. The number of ether oxygens (including phenoxy) is 2. The third kappa shape index (κ3) is 6.00. The van der Waals surface area contributed by atoms with Crippen LogP contribution in [0.3, 0.4) is 0 Å². The molecule has 0 amide bonds. The Labute approximate surface area is 263 Å². The number of carbonyl (C=O) groups is 1. The van der Waals surface area contributed by atoms with Crippen molar-refractivity contribution >= 4 is 17.2 Å². The Hall–Kier alpha value is -5.31. The van der Waals surface area contributed by atoms with E-state index in [1.54, 1.807) is 31.2 Å². The molecule has 12 heteroatoms. The second-order valence-electron chi connectivity index (χ2n) is 12.1. The van der Waals surface area contributed by atoms with Gasteiger partial charge in [0.1, 0.15) is 23.9 Å². The topological polar surface area (TPSA) is 132 Å². The number of methoxy groups -OCH3 is 1. The fourth-order valence-corrected chi connectivity index (χ4v) is 6.13. The minimum Gasteiger partial charge on any atom is -0.496 e. The molecule has 3 aromatic rings. The minimum absolute atomic E-state index is 0.00862. The molecule has 0 fully saturated rings. The first-order valence-corrected chi connectivity index (χ1v) is 14.3. The van der Waals surface area contributed by atoms with Crippen LogP contribution in [0.2, 0.25) is 0 Å². The molecule has 0 aromatic heterocycles. The number of nitrogens with zero attached hydrogens (tertiary/aromatic N) is 3. The summed E-state index contributed by atoms with van der Waals surface area (Å²) in [5.41, 5.74) is 7.57. The first-order chi connectivity index (χ1) is 21.6. The number of alkyl halides is 3. The molecule has 1 aliphatic heterocycles. The summed E-state index contributed by atoms with van der Waals surface area (Å²) in [7, 11) is 1.48. The van der Waals surface area contributed by atoms with Crippen molar-refractivity contribution in [3.63, 3.8) is 0 Å². The Morgan fingerprint density at radius 1 is 1.13 bits per heavy atom. The van der Waals surface area contributed by atoms with Gasteiger partial charge in [0, 0.05) is 40.6 Å². The Kier molecular flexibility index (Phi) is 8.30. The molecule has 0 spiro atoms. The number of carbonyl (C=O) groups excluding carboxylic acids is 1. The molecule has 1 heterocycles. The fraction of sp³-hybridized carbons (Fsp3) is 0.294. The van der Waals surface area contributed by atoms with Gasteiger partial charge in [-0.15, -0.1) is 0 Å². The average Bonchev–Trinajstić information content (AvgIpc) is 2.98. The van der Waals surface area contributed by atoms with Crippen LogP contribution < -0.4 is 20.1 Å². The summed E-state index contributed by atoms with van der Waals surface area (Å²) >= 11 is 0. The van der Waals surface area contributed by atoms with E-state index in [0.717, 1.165) is 12.1 Å². The molecule has 3 aromatic carbocycles. The van der Waals surface area contributed by atoms with Crippen LogP contribution in [0.1, 0.15) is 54.9 Å². The van der Waals surface area contributed by atoms with E-state index in [2.05, 4.69) is 6.07 Å². The lowest BCUT2D eigenvalue weighted by molar-refractivity contribution is -0.385. The van der Waals surface area contributed by atoms with Crippen LogP contribution in [-0.2, 0) is 17.6 Å². The number of ketones is 1. The van der Waals surface area contributed by atoms with Gasteiger partial charge in [-0.3, -0.25) is 19.8 Å². The highest BCUT2D eigenvalue weighted by molar-refractivity contribution is 6.01. The first kappa shape index (κ1) is 32.1. The van der Waals surface area contributed by atoms with Crippen molar-refractivity contribution in [2.24, 2.45) is 11.1 Å². The number of nitro benzene ring substituents is 1. The molecular weight excluding hydrogens is 601 g/mol. The van der Waals surface area contributed by atoms with Crippen LogP contribution in [-0.4, -0.2) is 17.8 Å². The predicted octanol–water partition coefficient (Wildman–Crippen LogP) is 7.45. The number of nitriles is 1. The number of hydrogen-bond donors (Lipinski definition) is 1. The van der Waals surface area contributed by atoms with Crippen molar-refractivity contribution in [2.75, 3.05) is 12.0 Å². The van der Waals surface area contributed by atoms with Crippen molar-refractivity contribution in [3.8, 4) is 17.6 Å². The Morgan fingerprint density at radius 2 is 1.87 bits per heavy atom. The first-order valence-electron chi connectivity index (χ1n) is 14.3. The number of nitro groups is 1. The molecule has 2 N–H and O–H groups in total. The van der Waals surface area contributed by atoms with Crippen LogP contribution in [0.25, 0.3) is 0 Å². The van der Waals surface area contributed by atoms with Gasteiger partial charge in [-0.1, -0.05) is 26.0 Å². The zero-order valence-corrected chi connectivity index (χ0v) is 25.6. The molecule has 1 aliphatic carbocycles. The lowest BCUT2D eigenvalue weighted by Gasteiger charge is -2.44.